The van der Waals surface area contributed by atoms with Gasteiger partial charge in [0.05, 0.1) is 23.1 Å². The number of nitrogens with zero attached hydrogens (tertiary/aromatic N) is 5. The third-order valence-electron chi connectivity index (χ3n) is 5.00. The second kappa shape index (κ2) is 9.13. The topological polar surface area (TPSA) is 75.8 Å². The monoisotopic (exact) mass is 634 g/mol. The first-order valence-electron chi connectivity index (χ1n) is 9.65. The Morgan fingerprint density at radius 3 is 2.55 bits per heavy atom. The number of pyridine rings is 1. The normalized spacial score (nSPS) is 10.9. The van der Waals surface area contributed by atoms with E-state index in [1.165, 1.54) is 0 Å². The molecule has 0 saturated heterocycles. The number of benzene rings is 1. The molecule has 8 heteroatoms. The minimum Gasteiger partial charge on any atom is -0.452 e. The van der Waals surface area contributed by atoms with Gasteiger partial charge in [-0.15, -0.1) is 13.1 Å². The van der Waals surface area contributed by atoms with Crippen molar-refractivity contribution in [3.05, 3.63) is 81.0 Å². The van der Waals surface area contributed by atoms with Crippen LogP contribution in [-0.4, -0.2) is 38.1 Å². The first-order valence-corrected chi connectivity index (χ1v) is 9.65. The van der Waals surface area contributed by atoms with Crippen molar-refractivity contribution in [1.82, 2.24) is 25.0 Å². The second-order valence-electron chi connectivity index (χ2n) is 6.81. The van der Waals surface area contributed by atoms with Gasteiger partial charge < -0.3 is 23.2 Å². The number of hydrogen-bond acceptors (Lipinski definition) is 5. The van der Waals surface area contributed by atoms with Crippen molar-refractivity contribution >= 4 is 16.8 Å². The fourth-order valence-electron chi connectivity index (χ4n) is 3.44. The van der Waals surface area contributed by atoms with Crippen LogP contribution in [0, 0.1) is 45.0 Å². The van der Waals surface area contributed by atoms with Gasteiger partial charge in [-0.2, -0.15) is 10.2 Å². The van der Waals surface area contributed by atoms with Gasteiger partial charge in [0.2, 0.25) is 0 Å². The maximum atomic E-state index is 6.14. The Morgan fingerprint density at radius 1 is 1.03 bits per heavy atom. The van der Waals surface area contributed by atoms with Gasteiger partial charge in [-0.3, -0.25) is 5.10 Å². The Morgan fingerprint density at radius 2 is 1.84 bits per heavy atom. The largest absolute Gasteiger partial charge is 2.00 e. The van der Waals surface area contributed by atoms with E-state index in [4.69, 9.17) is 14.5 Å². The minimum absolute atomic E-state index is 0. The Balaban J connectivity index is 0.00000231. The number of H-pyrrole nitrogens is 1. The summed E-state index contributed by atoms with van der Waals surface area (Å²) < 4.78 is 7.92. The van der Waals surface area contributed by atoms with E-state index in [0.29, 0.717) is 30.3 Å². The van der Waals surface area contributed by atoms with E-state index in [-0.39, 0.29) is 31.1 Å². The average molecular weight is 634 g/mol. The van der Waals surface area contributed by atoms with E-state index < -0.39 is 0 Å². The number of hydrogen-bond donors (Lipinski definition) is 1. The predicted octanol–water partition coefficient (Wildman–Crippen LogP) is 4.55. The van der Waals surface area contributed by atoms with Crippen molar-refractivity contribution < 1.29 is 35.5 Å². The van der Waals surface area contributed by atoms with Gasteiger partial charge in [0.25, 0.3) is 0 Å². The van der Waals surface area contributed by atoms with E-state index in [2.05, 4.69) is 24.0 Å². The van der Waals surface area contributed by atoms with Crippen LogP contribution in [0.2, 0.25) is 0 Å². The quantitative estimate of drug-likeness (QED) is 0.278. The van der Waals surface area contributed by atoms with Crippen LogP contribution in [0.1, 0.15) is 0 Å². The van der Waals surface area contributed by atoms with Gasteiger partial charge in [-0.1, -0.05) is 30.3 Å². The van der Waals surface area contributed by atoms with Gasteiger partial charge in [-0.05, 0) is 6.07 Å². The third-order valence-corrected chi connectivity index (χ3v) is 5.00. The standard InChI is InChI=1S/C23H20N6O.U/c1-3-28(4-2)20-13-22(29-11-10-18(27-29)16-8-6-5-7-9-16)26-19-12-21(30-23(19)20)17-14-24-25-15-17;/h5-15H,1-4H2,(H,24,25);/q-2;+2. The van der Waals surface area contributed by atoms with Crippen LogP contribution < -0.4 is 4.90 Å². The van der Waals surface area contributed by atoms with Crippen LogP contribution in [0.3, 0.4) is 0 Å². The summed E-state index contributed by atoms with van der Waals surface area (Å²) in [5.41, 5.74) is 5.12. The van der Waals surface area contributed by atoms with Crippen LogP contribution in [0.4, 0.5) is 5.69 Å². The molecule has 0 aliphatic heterocycles. The Labute approximate surface area is 203 Å². The fraction of sp³-hybridized carbons (Fsp3) is 0.0870. The van der Waals surface area contributed by atoms with Crippen LogP contribution in [-0.2, 0) is 0 Å². The molecule has 5 rings (SSSR count). The SMILES string of the molecule is [CH2-]CN(C[CH2-])c1cc(-n2ccc(-c3ccccc3)n2)nc2cc(-c3cn[nH]c3)oc12.[U+2]. The zero-order valence-electron chi connectivity index (χ0n) is 16.8. The third kappa shape index (κ3) is 4.06. The predicted molar refractivity (Wildman–Crippen MR) is 117 cm³/mol. The van der Waals surface area contributed by atoms with E-state index >= 15 is 0 Å². The number of anilines is 1. The molecule has 0 saturated carbocycles. The van der Waals surface area contributed by atoms with E-state index in [9.17, 15) is 0 Å². The summed E-state index contributed by atoms with van der Waals surface area (Å²) in [6.07, 6.45) is 5.42. The maximum Gasteiger partial charge on any atom is 2.00 e. The molecule has 0 amide bonds. The number of nitrogens with one attached hydrogen (secondary N) is 1. The van der Waals surface area contributed by atoms with Crippen LogP contribution >= 0.6 is 0 Å². The first kappa shape index (κ1) is 21.4. The Hall–Kier alpha value is -2.82. The summed E-state index contributed by atoms with van der Waals surface area (Å²) in [6.45, 7) is 9.17. The molecule has 0 bridgehead atoms. The molecular weight excluding hydrogens is 614 g/mol. The summed E-state index contributed by atoms with van der Waals surface area (Å²) in [7, 11) is 0. The van der Waals surface area contributed by atoms with Gasteiger partial charge in [0.1, 0.15) is 11.3 Å². The molecule has 31 heavy (non-hydrogen) atoms. The summed E-state index contributed by atoms with van der Waals surface area (Å²) in [6, 6.07) is 15.9. The number of fused-ring (bicyclic) bond motifs is 1. The van der Waals surface area contributed by atoms with Crippen LogP contribution in [0.15, 0.2) is 71.5 Å². The molecule has 152 valence electrons. The van der Waals surface area contributed by atoms with Crippen LogP contribution in [0.25, 0.3) is 39.5 Å². The number of aromatic nitrogens is 5. The zero-order valence-corrected chi connectivity index (χ0v) is 21.0. The molecule has 0 radical (unpaired) electrons. The van der Waals surface area contributed by atoms with Gasteiger partial charge >= 0.3 is 31.1 Å². The minimum atomic E-state index is 0. The van der Waals surface area contributed by atoms with Crippen molar-refractivity contribution in [3.8, 4) is 28.4 Å². The zero-order chi connectivity index (χ0) is 20.5. The van der Waals surface area contributed by atoms with Gasteiger partial charge in [0.15, 0.2) is 11.4 Å². The molecule has 0 aliphatic rings. The smallest absolute Gasteiger partial charge is 0.452 e. The summed E-state index contributed by atoms with van der Waals surface area (Å²) in [5, 5.41) is 11.5. The van der Waals surface area contributed by atoms with E-state index in [1.807, 2.05) is 59.6 Å². The number of rotatable bonds is 6. The molecule has 7 nitrogen and oxygen atoms in total. The van der Waals surface area contributed by atoms with Gasteiger partial charge in [-0.25, -0.2) is 9.67 Å². The molecule has 4 heterocycles. The summed E-state index contributed by atoms with van der Waals surface area (Å²) in [4.78, 5) is 6.84. The number of aromatic amines is 1. The molecule has 4 aromatic heterocycles. The Kier molecular flexibility index (Phi) is 6.31. The molecule has 5 aromatic rings. The molecular formula is C23H20N6OU. The van der Waals surface area contributed by atoms with Crippen LogP contribution in [0.5, 0.6) is 0 Å². The molecule has 0 unspecified atom stereocenters. The van der Waals surface area contributed by atoms with Crippen molar-refractivity contribution in [3.63, 3.8) is 0 Å². The molecule has 0 spiro atoms. The van der Waals surface area contributed by atoms with E-state index in [1.54, 1.807) is 17.1 Å². The van der Waals surface area contributed by atoms with Crippen molar-refractivity contribution in [2.24, 2.45) is 0 Å². The average Bonchev–Trinajstić information content (AvgIpc) is 3.55. The van der Waals surface area contributed by atoms with Crippen molar-refractivity contribution in [2.75, 3.05) is 18.0 Å². The summed E-state index contributed by atoms with van der Waals surface area (Å²) in [5.74, 6) is 1.40. The van der Waals surface area contributed by atoms with E-state index in [0.717, 1.165) is 28.0 Å². The number of furan rings is 1. The maximum absolute atomic E-state index is 6.14. The Bertz CT molecular complexity index is 1270. The van der Waals surface area contributed by atoms with Crippen molar-refractivity contribution in [1.29, 1.82) is 0 Å². The molecule has 0 fully saturated rings. The van der Waals surface area contributed by atoms with Gasteiger partial charge in [0, 0.05) is 30.1 Å². The summed E-state index contributed by atoms with van der Waals surface area (Å²) >= 11 is 0. The first-order chi connectivity index (χ1) is 14.8. The molecule has 1 aromatic carbocycles. The molecule has 1 N–H and O–H groups in total. The second-order valence-corrected chi connectivity index (χ2v) is 6.81. The fourth-order valence-corrected chi connectivity index (χ4v) is 3.44. The molecule has 0 aliphatic carbocycles. The molecule has 0 atom stereocenters. The van der Waals surface area contributed by atoms with Crippen molar-refractivity contribution in [2.45, 2.75) is 0 Å².